The van der Waals surface area contributed by atoms with E-state index in [4.69, 9.17) is 0 Å². The van der Waals surface area contributed by atoms with Gasteiger partial charge < -0.3 is 4.90 Å². The number of fused-ring (bicyclic) bond motifs is 1. The molecule has 1 aliphatic heterocycles. The number of nitriles is 1. The summed E-state index contributed by atoms with van der Waals surface area (Å²) in [6.07, 6.45) is 3.18. The fourth-order valence-electron chi connectivity index (χ4n) is 4.36. The predicted octanol–water partition coefficient (Wildman–Crippen LogP) is 6.17. The molecule has 0 N–H and O–H groups in total. The number of hydrogen-bond donors (Lipinski definition) is 0. The number of rotatable bonds is 3. The van der Waals surface area contributed by atoms with Gasteiger partial charge in [-0.1, -0.05) is 37.3 Å². The van der Waals surface area contributed by atoms with Gasteiger partial charge in [-0.15, -0.1) is 0 Å². The largest absolute Gasteiger partial charge is 0.366 e. The molecule has 0 radical (unpaired) electrons. The van der Waals surface area contributed by atoms with E-state index < -0.39 is 0 Å². The molecule has 0 amide bonds. The van der Waals surface area contributed by atoms with Crippen molar-refractivity contribution < 1.29 is 0 Å². The number of benzene rings is 2. The van der Waals surface area contributed by atoms with Crippen LogP contribution in [0.4, 0.5) is 5.69 Å². The van der Waals surface area contributed by atoms with Crippen molar-refractivity contribution in [3.05, 3.63) is 64.7 Å². The number of nitrogens with zero attached hydrogens (tertiary/aromatic N) is 2. The Morgan fingerprint density at radius 1 is 1.27 bits per heavy atom. The minimum Gasteiger partial charge on any atom is -0.366 e. The Balaban J connectivity index is 2.11. The molecular formula is C24H28N2. The van der Waals surface area contributed by atoms with Crippen LogP contribution in [0.3, 0.4) is 0 Å². The Morgan fingerprint density at radius 3 is 2.58 bits per heavy atom. The van der Waals surface area contributed by atoms with Crippen LogP contribution in [0.1, 0.15) is 62.3 Å². The van der Waals surface area contributed by atoms with Gasteiger partial charge in [-0.05, 0) is 80.5 Å². The standard InChI is InChI=1S/C24H28N2/c1-6-26-23-12-17(2)20(14-22(23)18(3)15-24(26,4)5)13-21(16-25)19-10-8-7-9-11-19/h7-14,18H,6,15H2,1-5H3/b21-13-. The molecule has 2 heteroatoms. The Bertz CT molecular complexity index is 869. The van der Waals surface area contributed by atoms with Crippen LogP contribution < -0.4 is 4.90 Å². The molecule has 1 unspecified atom stereocenters. The SMILES string of the molecule is CCN1c2cc(C)c(/C=C(/C#N)c3ccccc3)cc2C(C)CC1(C)C. The Morgan fingerprint density at radius 2 is 1.96 bits per heavy atom. The Labute approximate surface area is 157 Å². The van der Waals surface area contributed by atoms with Crippen LogP contribution in [-0.2, 0) is 0 Å². The number of aryl methyl sites for hydroxylation is 1. The highest BCUT2D eigenvalue weighted by molar-refractivity contribution is 5.90. The topological polar surface area (TPSA) is 27.0 Å². The second-order valence-corrected chi connectivity index (χ2v) is 7.97. The molecule has 0 aromatic heterocycles. The van der Waals surface area contributed by atoms with Crippen molar-refractivity contribution in [2.45, 2.75) is 52.5 Å². The van der Waals surface area contributed by atoms with E-state index in [0.29, 0.717) is 11.5 Å². The third-order valence-corrected chi connectivity index (χ3v) is 5.59. The molecular weight excluding hydrogens is 316 g/mol. The summed E-state index contributed by atoms with van der Waals surface area (Å²) < 4.78 is 0. The first-order valence-corrected chi connectivity index (χ1v) is 9.46. The quantitative estimate of drug-likeness (QED) is 0.491. The molecule has 0 bridgehead atoms. The molecule has 2 aromatic rings. The zero-order chi connectivity index (χ0) is 18.9. The highest BCUT2D eigenvalue weighted by Gasteiger charge is 2.35. The third kappa shape index (κ3) is 3.27. The number of anilines is 1. The first-order chi connectivity index (χ1) is 12.4. The van der Waals surface area contributed by atoms with Crippen molar-refractivity contribution in [3.8, 4) is 6.07 Å². The molecule has 0 aliphatic carbocycles. The summed E-state index contributed by atoms with van der Waals surface area (Å²) >= 11 is 0. The van der Waals surface area contributed by atoms with E-state index in [1.165, 1.54) is 16.8 Å². The maximum atomic E-state index is 9.64. The van der Waals surface area contributed by atoms with Gasteiger partial charge in [0, 0.05) is 17.8 Å². The first-order valence-electron chi connectivity index (χ1n) is 9.46. The van der Waals surface area contributed by atoms with Gasteiger partial charge in [-0.2, -0.15) is 5.26 Å². The van der Waals surface area contributed by atoms with Gasteiger partial charge in [0.2, 0.25) is 0 Å². The van der Waals surface area contributed by atoms with E-state index in [1.807, 2.05) is 36.4 Å². The third-order valence-electron chi connectivity index (χ3n) is 5.59. The van der Waals surface area contributed by atoms with Gasteiger partial charge in [-0.25, -0.2) is 0 Å². The molecule has 0 saturated carbocycles. The summed E-state index contributed by atoms with van der Waals surface area (Å²) in [5.74, 6) is 0.512. The zero-order valence-electron chi connectivity index (χ0n) is 16.5. The van der Waals surface area contributed by atoms with E-state index in [1.54, 1.807) is 0 Å². The van der Waals surface area contributed by atoms with E-state index in [0.717, 1.165) is 24.1 Å². The molecule has 1 heterocycles. The zero-order valence-corrected chi connectivity index (χ0v) is 16.5. The maximum absolute atomic E-state index is 9.64. The van der Waals surface area contributed by atoms with Crippen LogP contribution in [0.2, 0.25) is 0 Å². The summed E-state index contributed by atoms with van der Waals surface area (Å²) in [5, 5.41) is 9.64. The van der Waals surface area contributed by atoms with Gasteiger partial charge in [0.15, 0.2) is 0 Å². The molecule has 134 valence electrons. The highest BCUT2D eigenvalue weighted by atomic mass is 15.2. The van der Waals surface area contributed by atoms with Crippen LogP contribution in [-0.4, -0.2) is 12.1 Å². The summed E-state index contributed by atoms with van der Waals surface area (Å²) in [5.41, 5.74) is 6.97. The molecule has 0 saturated heterocycles. The average molecular weight is 345 g/mol. The maximum Gasteiger partial charge on any atom is 0.0998 e. The molecule has 26 heavy (non-hydrogen) atoms. The number of allylic oxidation sites excluding steroid dienone is 1. The van der Waals surface area contributed by atoms with E-state index in [-0.39, 0.29) is 5.54 Å². The van der Waals surface area contributed by atoms with Crippen LogP contribution in [0.25, 0.3) is 11.6 Å². The summed E-state index contributed by atoms with van der Waals surface area (Å²) in [6, 6.07) is 16.9. The van der Waals surface area contributed by atoms with Crippen LogP contribution in [0.5, 0.6) is 0 Å². The lowest BCUT2D eigenvalue weighted by Crippen LogP contribution is -2.48. The van der Waals surface area contributed by atoms with Gasteiger partial charge in [-0.3, -0.25) is 0 Å². The lowest BCUT2D eigenvalue weighted by atomic mass is 9.79. The monoisotopic (exact) mass is 344 g/mol. The predicted molar refractivity (Wildman–Crippen MR) is 111 cm³/mol. The first kappa shape index (κ1) is 18.3. The van der Waals surface area contributed by atoms with Gasteiger partial charge in [0.1, 0.15) is 0 Å². The molecule has 1 atom stereocenters. The Hall–Kier alpha value is -2.53. The average Bonchev–Trinajstić information content (AvgIpc) is 2.60. The van der Waals surface area contributed by atoms with Gasteiger partial charge in [0.05, 0.1) is 11.6 Å². The molecule has 2 nitrogen and oxygen atoms in total. The minimum atomic E-state index is 0.173. The second kappa shape index (κ2) is 7.00. The lowest BCUT2D eigenvalue weighted by molar-refractivity contribution is 0.381. The normalized spacial score (nSPS) is 19.0. The fourth-order valence-corrected chi connectivity index (χ4v) is 4.36. The lowest BCUT2D eigenvalue weighted by Gasteiger charge is -2.47. The molecule has 2 aromatic carbocycles. The van der Waals surface area contributed by atoms with E-state index in [9.17, 15) is 5.26 Å². The van der Waals surface area contributed by atoms with Crippen LogP contribution >= 0.6 is 0 Å². The van der Waals surface area contributed by atoms with Crippen molar-refractivity contribution in [3.63, 3.8) is 0 Å². The number of hydrogen-bond acceptors (Lipinski definition) is 2. The van der Waals surface area contributed by atoms with Gasteiger partial charge >= 0.3 is 0 Å². The molecule has 0 fully saturated rings. The molecule has 1 aliphatic rings. The van der Waals surface area contributed by atoms with Crippen molar-refractivity contribution in [2.75, 3.05) is 11.4 Å². The Kier molecular flexibility index (Phi) is 4.92. The van der Waals surface area contributed by atoms with Crippen molar-refractivity contribution >= 4 is 17.3 Å². The van der Waals surface area contributed by atoms with Crippen molar-refractivity contribution in [1.82, 2.24) is 0 Å². The van der Waals surface area contributed by atoms with E-state index in [2.05, 4.69) is 57.7 Å². The highest BCUT2D eigenvalue weighted by Crippen LogP contribution is 2.44. The van der Waals surface area contributed by atoms with Crippen LogP contribution in [0.15, 0.2) is 42.5 Å². The molecule has 3 rings (SSSR count). The summed E-state index contributed by atoms with van der Waals surface area (Å²) in [4.78, 5) is 2.52. The minimum absolute atomic E-state index is 0.173. The van der Waals surface area contributed by atoms with Crippen molar-refractivity contribution in [1.29, 1.82) is 5.26 Å². The van der Waals surface area contributed by atoms with Crippen LogP contribution in [0, 0.1) is 18.3 Å². The van der Waals surface area contributed by atoms with Crippen molar-refractivity contribution in [2.24, 2.45) is 0 Å². The second-order valence-electron chi connectivity index (χ2n) is 7.97. The summed E-state index contributed by atoms with van der Waals surface area (Å²) in [7, 11) is 0. The molecule has 0 spiro atoms. The summed E-state index contributed by atoms with van der Waals surface area (Å²) in [6.45, 7) is 12.4. The smallest absolute Gasteiger partial charge is 0.0998 e. The van der Waals surface area contributed by atoms with E-state index >= 15 is 0 Å². The van der Waals surface area contributed by atoms with Gasteiger partial charge in [0.25, 0.3) is 0 Å². The fraction of sp³-hybridized carbons (Fsp3) is 0.375.